The minimum atomic E-state index is -0.349. The highest BCUT2D eigenvalue weighted by molar-refractivity contribution is 5.52. The van der Waals surface area contributed by atoms with E-state index in [4.69, 9.17) is 5.26 Å². The van der Waals surface area contributed by atoms with Gasteiger partial charge in [-0.25, -0.2) is 0 Å². The Morgan fingerprint density at radius 1 is 1.47 bits per heavy atom. The molecule has 0 bridgehead atoms. The molecule has 0 spiro atoms. The quantitative estimate of drug-likeness (QED) is 0.589. The van der Waals surface area contributed by atoms with Crippen molar-refractivity contribution >= 4 is 6.08 Å². The van der Waals surface area contributed by atoms with Gasteiger partial charge >= 0.3 is 0 Å². The third-order valence-corrected chi connectivity index (χ3v) is 2.22. The Morgan fingerprint density at radius 3 is 2.47 bits per heavy atom. The topological polar surface area (TPSA) is 66.9 Å². The second-order valence-corrected chi connectivity index (χ2v) is 4.22. The van der Waals surface area contributed by atoms with Gasteiger partial charge in [-0.3, -0.25) is 10.1 Å². The van der Waals surface area contributed by atoms with Gasteiger partial charge in [0.15, 0.2) is 0 Å². The molecule has 0 radical (unpaired) electrons. The summed E-state index contributed by atoms with van der Waals surface area (Å²) in [4.78, 5) is 10.5. The molecule has 0 N–H and O–H groups in total. The molecular weight excluding hydrogens is 216 g/mol. The van der Waals surface area contributed by atoms with Crippen molar-refractivity contribution < 1.29 is 4.92 Å². The summed E-state index contributed by atoms with van der Waals surface area (Å²) in [6, 6.07) is 8.73. The molecule has 4 heteroatoms. The molecule has 0 saturated heterocycles. The summed E-state index contributed by atoms with van der Waals surface area (Å²) >= 11 is 0. The van der Waals surface area contributed by atoms with Crippen LogP contribution in [0.4, 0.5) is 0 Å². The third kappa shape index (κ3) is 4.07. The number of rotatable bonds is 4. The van der Waals surface area contributed by atoms with Crippen LogP contribution in [-0.4, -0.2) is 4.92 Å². The maximum atomic E-state index is 10.8. The van der Waals surface area contributed by atoms with E-state index in [0.29, 0.717) is 12.0 Å². The first-order chi connectivity index (χ1) is 8.02. The average Bonchev–Trinajstić information content (AvgIpc) is 2.28. The zero-order valence-electron chi connectivity index (χ0n) is 9.88. The molecule has 17 heavy (non-hydrogen) atoms. The number of nitriles is 1. The lowest BCUT2D eigenvalue weighted by Crippen LogP contribution is -2.02. The van der Waals surface area contributed by atoms with Crippen molar-refractivity contribution in [1.82, 2.24) is 0 Å². The van der Waals surface area contributed by atoms with E-state index in [0.717, 1.165) is 5.56 Å². The molecule has 0 aliphatic carbocycles. The predicted molar refractivity (Wildman–Crippen MR) is 65.6 cm³/mol. The summed E-state index contributed by atoms with van der Waals surface area (Å²) in [5.41, 5.74) is 1.50. The molecule has 0 unspecified atom stereocenters. The summed E-state index contributed by atoms with van der Waals surface area (Å²) in [5.74, 6) is 0.241. The van der Waals surface area contributed by atoms with Gasteiger partial charge in [0.25, 0.3) is 0 Å². The van der Waals surface area contributed by atoms with Gasteiger partial charge in [0.2, 0.25) is 5.70 Å². The SMILES string of the molecule is CC(C)CC(=Cc1ccc(C#N)cc1)[N+](=O)[O-]. The van der Waals surface area contributed by atoms with E-state index in [1.54, 1.807) is 30.3 Å². The van der Waals surface area contributed by atoms with Crippen molar-refractivity contribution in [3.8, 4) is 6.07 Å². The van der Waals surface area contributed by atoms with Gasteiger partial charge in [-0.15, -0.1) is 0 Å². The Balaban J connectivity index is 2.96. The van der Waals surface area contributed by atoms with Crippen molar-refractivity contribution in [1.29, 1.82) is 5.26 Å². The van der Waals surface area contributed by atoms with Gasteiger partial charge in [-0.05, 0) is 23.6 Å². The molecule has 88 valence electrons. The first-order valence-electron chi connectivity index (χ1n) is 5.38. The highest BCUT2D eigenvalue weighted by atomic mass is 16.6. The molecule has 4 nitrogen and oxygen atoms in total. The van der Waals surface area contributed by atoms with E-state index < -0.39 is 0 Å². The van der Waals surface area contributed by atoms with Crippen LogP contribution in [0, 0.1) is 27.4 Å². The Bertz CT molecular complexity index is 467. The zero-order valence-corrected chi connectivity index (χ0v) is 9.88. The summed E-state index contributed by atoms with van der Waals surface area (Å²) in [6.07, 6.45) is 1.99. The van der Waals surface area contributed by atoms with E-state index in [-0.39, 0.29) is 16.5 Å². The van der Waals surface area contributed by atoms with E-state index in [2.05, 4.69) is 0 Å². The predicted octanol–water partition coefficient (Wildman–Crippen LogP) is 3.22. The standard InChI is InChI=1S/C13H14N2O2/c1-10(2)7-13(15(16)17)8-11-3-5-12(9-14)6-4-11/h3-6,8,10H,7H2,1-2H3. The largest absolute Gasteiger partial charge is 0.259 e. The molecule has 1 aromatic carbocycles. The van der Waals surface area contributed by atoms with Crippen LogP contribution >= 0.6 is 0 Å². The molecule has 1 rings (SSSR count). The van der Waals surface area contributed by atoms with Crippen molar-refractivity contribution in [2.45, 2.75) is 20.3 Å². The van der Waals surface area contributed by atoms with Crippen molar-refractivity contribution in [3.05, 3.63) is 51.2 Å². The lowest BCUT2D eigenvalue weighted by Gasteiger charge is -2.02. The molecule has 0 atom stereocenters. The number of hydrogen-bond donors (Lipinski definition) is 0. The zero-order chi connectivity index (χ0) is 12.8. The number of allylic oxidation sites excluding steroid dienone is 1. The lowest BCUT2D eigenvalue weighted by atomic mass is 10.1. The van der Waals surface area contributed by atoms with Gasteiger partial charge in [0, 0.05) is 12.5 Å². The minimum Gasteiger partial charge on any atom is -0.259 e. The Morgan fingerprint density at radius 2 is 2.06 bits per heavy atom. The smallest absolute Gasteiger partial charge is 0.247 e. The summed E-state index contributed by atoms with van der Waals surface area (Å²) < 4.78 is 0. The Hall–Kier alpha value is -2.15. The average molecular weight is 230 g/mol. The van der Waals surface area contributed by atoms with Crippen molar-refractivity contribution in [2.75, 3.05) is 0 Å². The summed E-state index contributed by atoms with van der Waals surface area (Å²) in [5, 5.41) is 19.5. The fourth-order valence-corrected chi connectivity index (χ4v) is 1.45. The van der Waals surface area contributed by atoms with E-state index in [1.807, 2.05) is 19.9 Å². The molecule has 0 saturated carbocycles. The Kier molecular flexibility index (Phi) is 4.41. The first-order valence-corrected chi connectivity index (χ1v) is 5.38. The summed E-state index contributed by atoms with van der Waals surface area (Å²) in [6.45, 7) is 3.88. The fourth-order valence-electron chi connectivity index (χ4n) is 1.45. The van der Waals surface area contributed by atoms with Crippen LogP contribution < -0.4 is 0 Å². The molecule has 0 amide bonds. The van der Waals surface area contributed by atoms with Crippen LogP contribution in [-0.2, 0) is 0 Å². The number of nitro groups is 1. The van der Waals surface area contributed by atoms with Crippen molar-refractivity contribution in [2.24, 2.45) is 5.92 Å². The molecule has 0 fully saturated rings. The van der Waals surface area contributed by atoms with Gasteiger partial charge in [-0.1, -0.05) is 26.0 Å². The number of hydrogen-bond acceptors (Lipinski definition) is 3. The first kappa shape index (κ1) is 12.9. The van der Waals surface area contributed by atoms with Crippen LogP contribution in [0.15, 0.2) is 30.0 Å². The number of nitrogens with zero attached hydrogens (tertiary/aromatic N) is 2. The normalized spacial score (nSPS) is 11.3. The van der Waals surface area contributed by atoms with Gasteiger partial charge in [0.1, 0.15) is 0 Å². The van der Waals surface area contributed by atoms with Crippen LogP contribution in [0.1, 0.15) is 31.4 Å². The molecule has 0 aliphatic heterocycles. The molecule has 0 aromatic heterocycles. The minimum absolute atomic E-state index is 0.199. The molecule has 0 aliphatic rings. The van der Waals surface area contributed by atoms with Crippen LogP contribution in [0.2, 0.25) is 0 Å². The highest BCUT2D eigenvalue weighted by Crippen LogP contribution is 2.16. The monoisotopic (exact) mass is 230 g/mol. The van der Waals surface area contributed by atoms with Crippen LogP contribution in [0.3, 0.4) is 0 Å². The molecular formula is C13H14N2O2. The van der Waals surface area contributed by atoms with E-state index in [1.165, 1.54) is 0 Å². The maximum Gasteiger partial charge on any atom is 0.247 e. The Labute approximate surface area is 100 Å². The second-order valence-electron chi connectivity index (χ2n) is 4.22. The van der Waals surface area contributed by atoms with Crippen LogP contribution in [0.25, 0.3) is 6.08 Å². The van der Waals surface area contributed by atoms with Gasteiger partial charge in [0.05, 0.1) is 16.6 Å². The van der Waals surface area contributed by atoms with Crippen LogP contribution in [0.5, 0.6) is 0 Å². The fraction of sp³-hybridized carbons (Fsp3) is 0.308. The number of benzene rings is 1. The van der Waals surface area contributed by atoms with Crippen molar-refractivity contribution in [3.63, 3.8) is 0 Å². The molecule has 1 aromatic rings. The molecule has 0 heterocycles. The van der Waals surface area contributed by atoms with Gasteiger partial charge in [-0.2, -0.15) is 5.26 Å². The van der Waals surface area contributed by atoms with E-state index in [9.17, 15) is 10.1 Å². The summed E-state index contributed by atoms with van der Waals surface area (Å²) in [7, 11) is 0. The second kappa shape index (κ2) is 5.80. The lowest BCUT2D eigenvalue weighted by molar-refractivity contribution is -0.427. The van der Waals surface area contributed by atoms with Gasteiger partial charge < -0.3 is 0 Å². The third-order valence-electron chi connectivity index (χ3n) is 2.22. The highest BCUT2D eigenvalue weighted by Gasteiger charge is 2.12. The maximum absolute atomic E-state index is 10.8. The van der Waals surface area contributed by atoms with E-state index >= 15 is 0 Å².